The van der Waals surface area contributed by atoms with Crippen LogP contribution < -0.4 is 10.6 Å². The molecule has 0 aromatic carbocycles. The van der Waals surface area contributed by atoms with E-state index < -0.39 is 0 Å². The van der Waals surface area contributed by atoms with Gasteiger partial charge < -0.3 is 15.1 Å². The van der Waals surface area contributed by atoms with Crippen LogP contribution in [0.4, 0.5) is 5.82 Å². The van der Waals surface area contributed by atoms with Crippen molar-refractivity contribution in [2.24, 2.45) is 5.73 Å². The number of fused-ring (bicyclic) bond motifs is 1. The zero-order chi connectivity index (χ0) is 14.8. The third-order valence-corrected chi connectivity index (χ3v) is 4.31. The summed E-state index contributed by atoms with van der Waals surface area (Å²) >= 11 is 0. The van der Waals surface area contributed by atoms with Gasteiger partial charge in [-0.25, -0.2) is 4.98 Å². The molecule has 0 saturated heterocycles. The summed E-state index contributed by atoms with van der Waals surface area (Å²) in [6.07, 6.45) is 6.47. The Morgan fingerprint density at radius 2 is 2.10 bits per heavy atom. The highest BCUT2D eigenvalue weighted by Gasteiger charge is 2.17. The summed E-state index contributed by atoms with van der Waals surface area (Å²) in [6, 6.07) is 4.28. The first-order valence-corrected chi connectivity index (χ1v) is 7.65. The quantitative estimate of drug-likeness (QED) is 0.938. The van der Waals surface area contributed by atoms with Crippen molar-refractivity contribution in [2.45, 2.75) is 45.7 Å². The lowest BCUT2D eigenvalue weighted by Crippen LogP contribution is -2.22. The molecular weight excluding hydrogens is 262 g/mol. The molecule has 112 valence electrons. The second-order valence-corrected chi connectivity index (χ2v) is 5.85. The molecule has 0 saturated carbocycles. The average Bonchev–Trinajstić information content (AvgIpc) is 2.91. The van der Waals surface area contributed by atoms with E-state index in [9.17, 15) is 0 Å². The standard InChI is InChI=1S/C17H23N3O/c1-12-14(7-8-21-12)11-20(2)17-15(10-18)9-13-5-3-4-6-16(13)19-17/h7-9H,3-6,10-11,18H2,1-2H3. The Hall–Kier alpha value is -1.81. The third kappa shape index (κ3) is 2.81. The molecule has 0 aliphatic heterocycles. The highest BCUT2D eigenvalue weighted by Crippen LogP contribution is 2.27. The number of rotatable bonds is 4. The van der Waals surface area contributed by atoms with Gasteiger partial charge in [-0.15, -0.1) is 0 Å². The smallest absolute Gasteiger partial charge is 0.133 e. The maximum atomic E-state index is 5.94. The fraction of sp³-hybridized carbons (Fsp3) is 0.471. The molecule has 0 fully saturated rings. The van der Waals surface area contributed by atoms with Crippen molar-refractivity contribution in [1.29, 1.82) is 0 Å². The molecule has 0 atom stereocenters. The molecule has 1 aliphatic carbocycles. The minimum atomic E-state index is 0.532. The van der Waals surface area contributed by atoms with Gasteiger partial charge in [-0.2, -0.15) is 0 Å². The Morgan fingerprint density at radius 1 is 1.29 bits per heavy atom. The normalized spacial score (nSPS) is 14.0. The predicted molar refractivity (Wildman–Crippen MR) is 84.3 cm³/mol. The van der Waals surface area contributed by atoms with Gasteiger partial charge in [0, 0.05) is 37.0 Å². The minimum absolute atomic E-state index is 0.532. The molecule has 0 bridgehead atoms. The van der Waals surface area contributed by atoms with Gasteiger partial charge in [-0.3, -0.25) is 0 Å². The highest BCUT2D eigenvalue weighted by molar-refractivity contribution is 5.50. The molecule has 0 radical (unpaired) electrons. The molecule has 0 amide bonds. The Labute approximate surface area is 126 Å². The summed E-state index contributed by atoms with van der Waals surface area (Å²) in [7, 11) is 2.07. The Bertz CT molecular complexity index is 633. The number of nitrogens with two attached hydrogens (primary N) is 1. The summed E-state index contributed by atoms with van der Waals surface area (Å²) in [5.41, 5.74) is 10.9. The van der Waals surface area contributed by atoms with Crippen molar-refractivity contribution in [3.63, 3.8) is 0 Å². The van der Waals surface area contributed by atoms with Gasteiger partial charge in [-0.05, 0) is 50.3 Å². The predicted octanol–water partition coefficient (Wildman–Crippen LogP) is 2.96. The van der Waals surface area contributed by atoms with Crippen molar-refractivity contribution in [2.75, 3.05) is 11.9 Å². The van der Waals surface area contributed by atoms with Crippen molar-refractivity contribution in [3.8, 4) is 0 Å². The van der Waals surface area contributed by atoms with Crippen molar-refractivity contribution in [3.05, 3.63) is 46.5 Å². The van der Waals surface area contributed by atoms with Crippen LogP contribution in [0.15, 0.2) is 22.8 Å². The van der Waals surface area contributed by atoms with Crippen LogP contribution in [0.3, 0.4) is 0 Å². The van der Waals surface area contributed by atoms with E-state index >= 15 is 0 Å². The van der Waals surface area contributed by atoms with E-state index in [2.05, 4.69) is 18.0 Å². The van der Waals surface area contributed by atoms with E-state index in [1.54, 1.807) is 6.26 Å². The van der Waals surface area contributed by atoms with Crippen LogP contribution in [0.2, 0.25) is 0 Å². The van der Waals surface area contributed by atoms with Gasteiger partial charge in [0.05, 0.1) is 6.26 Å². The molecule has 2 N–H and O–H groups in total. The van der Waals surface area contributed by atoms with Crippen molar-refractivity contribution >= 4 is 5.82 Å². The lowest BCUT2D eigenvalue weighted by molar-refractivity contribution is 0.529. The Kier molecular flexibility index (Phi) is 3.97. The maximum Gasteiger partial charge on any atom is 0.133 e. The van der Waals surface area contributed by atoms with E-state index in [1.165, 1.54) is 29.7 Å². The van der Waals surface area contributed by atoms with Crippen molar-refractivity contribution in [1.82, 2.24) is 4.98 Å². The number of furan rings is 1. The van der Waals surface area contributed by atoms with Gasteiger partial charge in [0.1, 0.15) is 11.6 Å². The molecule has 4 nitrogen and oxygen atoms in total. The number of aryl methyl sites for hydroxylation is 3. The number of anilines is 1. The first kappa shape index (κ1) is 14.1. The topological polar surface area (TPSA) is 55.3 Å². The summed E-state index contributed by atoms with van der Waals surface area (Å²) in [6.45, 7) is 3.32. The van der Waals surface area contributed by atoms with Gasteiger partial charge in [0.25, 0.3) is 0 Å². The van der Waals surface area contributed by atoms with Gasteiger partial charge >= 0.3 is 0 Å². The first-order valence-electron chi connectivity index (χ1n) is 7.65. The van der Waals surface area contributed by atoms with Crippen LogP contribution in [0, 0.1) is 6.92 Å². The van der Waals surface area contributed by atoms with Crippen LogP contribution in [-0.4, -0.2) is 12.0 Å². The number of aromatic nitrogens is 1. The van der Waals surface area contributed by atoms with Crippen LogP contribution in [0.1, 0.15) is 41.0 Å². The molecule has 1 aliphatic rings. The molecule has 2 aromatic rings. The molecule has 2 heterocycles. The van der Waals surface area contributed by atoms with E-state index in [-0.39, 0.29) is 0 Å². The maximum absolute atomic E-state index is 5.94. The SMILES string of the molecule is Cc1occc1CN(C)c1nc2c(cc1CN)CCCC2. The number of pyridine rings is 1. The summed E-state index contributed by atoms with van der Waals surface area (Å²) < 4.78 is 5.38. The van der Waals surface area contributed by atoms with Crippen LogP contribution in [-0.2, 0) is 25.9 Å². The second kappa shape index (κ2) is 5.90. The summed E-state index contributed by atoms with van der Waals surface area (Å²) in [4.78, 5) is 7.09. The lowest BCUT2D eigenvalue weighted by Gasteiger charge is -2.24. The van der Waals surface area contributed by atoms with Crippen LogP contribution in [0.5, 0.6) is 0 Å². The third-order valence-electron chi connectivity index (χ3n) is 4.31. The number of nitrogens with zero attached hydrogens (tertiary/aromatic N) is 2. The first-order chi connectivity index (χ1) is 10.2. The van der Waals surface area contributed by atoms with Crippen LogP contribution in [0.25, 0.3) is 0 Å². The van der Waals surface area contributed by atoms with E-state index in [1.807, 2.05) is 13.0 Å². The summed E-state index contributed by atoms with van der Waals surface area (Å²) in [5.74, 6) is 1.98. The Balaban J connectivity index is 1.91. The van der Waals surface area contributed by atoms with Crippen LogP contribution >= 0.6 is 0 Å². The molecule has 4 heteroatoms. The lowest BCUT2D eigenvalue weighted by atomic mass is 9.94. The highest BCUT2D eigenvalue weighted by atomic mass is 16.3. The summed E-state index contributed by atoms with van der Waals surface area (Å²) in [5, 5.41) is 0. The second-order valence-electron chi connectivity index (χ2n) is 5.85. The zero-order valence-corrected chi connectivity index (χ0v) is 12.9. The largest absolute Gasteiger partial charge is 0.469 e. The Morgan fingerprint density at radius 3 is 2.81 bits per heavy atom. The van der Waals surface area contributed by atoms with Crippen molar-refractivity contribution < 1.29 is 4.42 Å². The average molecular weight is 285 g/mol. The molecule has 2 aromatic heterocycles. The fourth-order valence-electron chi connectivity index (χ4n) is 3.06. The number of hydrogen-bond acceptors (Lipinski definition) is 4. The van der Waals surface area contributed by atoms with Gasteiger partial charge in [0.15, 0.2) is 0 Å². The monoisotopic (exact) mass is 285 g/mol. The van der Waals surface area contributed by atoms with E-state index in [0.717, 1.165) is 36.5 Å². The minimum Gasteiger partial charge on any atom is -0.469 e. The molecular formula is C17H23N3O. The molecule has 3 rings (SSSR count). The van der Waals surface area contributed by atoms with Gasteiger partial charge in [0.2, 0.25) is 0 Å². The van der Waals surface area contributed by atoms with E-state index in [4.69, 9.17) is 15.1 Å². The molecule has 0 unspecified atom stereocenters. The van der Waals surface area contributed by atoms with E-state index in [0.29, 0.717) is 6.54 Å². The zero-order valence-electron chi connectivity index (χ0n) is 12.9. The molecule has 0 spiro atoms. The fourth-order valence-corrected chi connectivity index (χ4v) is 3.06. The van der Waals surface area contributed by atoms with Gasteiger partial charge in [-0.1, -0.05) is 0 Å². The molecule has 21 heavy (non-hydrogen) atoms. The number of hydrogen-bond donors (Lipinski definition) is 1.